The van der Waals surface area contributed by atoms with Gasteiger partial charge >= 0.3 is 12.1 Å². The Morgan fingerprint density at radius 2 is 1.29 bits per heavy atom. The SMILES string of the molecule is CCCN(CC(=O)N[C@@H](Cc1ccccc1)C(=O)O)C(=O)[C@H](Cc1ccccc1)N(C)C(=O)OCC1c2ccccc2-c2ccccc21. The first-order chi connectivity index (χ1) is 23.3. The summed E-state index contributed by atoms with van der Waals surface area (Å²) in [6, 6.07) is 32.4. The van der Waals surface area contributed by atoms with Crippen molar-refractivity contribution in [1.29, 1.82) is 0 Å². The van der Waals surface area contributed by atoms with Gasteiger partial charge in [-0.05, 0) is 39.8 Å². The van der Waals surface area contributed by atoms with E-state index >= 15 is 0 Å². The lowest BCUT2D eigenvalue weighted by molar-refractivity contribution is -0.143. The standard InChI is InChI=1S/C39H41N3O6/c1-3-22-42(25-36(43)40-34(38(45)46)23-27-14-6-4-7-15-27)37(44)35(24-28-16-8-5-9-17-28)41(2)39(47)48-26-33-31-20-12-10-18-29(31)30-19-11-13-21-32(30)33/h4-21,33-35H,3,22-26H2,1-2H3,(H,40,43)(H,45,46)/t34-,35-/m0/s1. The second kappa shape index (κ2) is 15.9. The van der Waals surface area contributed by atoms with Gasteiger partial charge in [-0.2, -0.15) is 0 Å². The van der Waals surface area contributed by atoms with Crippen LogP contribution in [0.3, 0.4) is 0 Å². The first-order valence-electron chi connectivity index (χ1n) is 16.2. The number of aliphatic carboxylic acids is 1. The number of hydrogen-bond acceptors (Lipinski definition) is 5. The molecule has 0 spiro atoms. The Hall–Kier alpha value is -5.44. The van der Waals surface area contributed by atoms with Gasteiger partial charge in [-0.3, -0.25) is 14.5 Å². The summed E-state index contributed by atoms with van der Waals surface area (Å²) >= 11 is 0. The van der Waals surface area contributed by atoms with Gasteiger partial charge in [-0.15, -0.1) is 0 Å². The minimum atomic E-state index is -1.17. The number of carboxylic acid groups (broad SMARTS) is 1. The quantitative estimate of drug-likeness (QED) is 0.186. The highest BCUT2D eigenvalue weighted by Gasteiger charge is 2.35. The van der Waals surface area contributed by atoms with Gasteiger partial charge < -0.3 is 20.1 Å². The van der Waals surface area contributed by atoms with Gasteiger partial charge in [0.05, 0.1) is 6.54 Å². The number of rotatable bonds is 14. The predicted molar refractivity (Wildman–Crippen MR) is 183 cm³/mol. The van der Waals surface area contributed by atoms with Crippen molar-refractivity contribution in [3.05, 3.63) is 131 Å². The molecule has 0 saturated carbocycles. The molecule has 0 unspecified atom stereocenters. The molecule has 0 aromatic heterocycles. The Kier molecular flexibility index (Phi) is 11.2. The molecule has 0 saturated heterocycles. The highest BCUT2D eigenvalue weighted by molar-refractivity contribution is 5.91. The molecule has 9 heteroatoms. The molecule has 248 valence electrons. The summed E-state index contributed by atoms with van der Waals surface area (Å²) < 4.78 is 5.90. The Morgan fingerprint density at radius 3 is 1.83 bits per heavy atom. The van der Waals surface area contributed by atoms with Crippen molar-refractivity contribution in [3.63, 3.8) is 0 Å². The number of carbonyl (C=O) groups excluding carboxylic acids is 3. The maximum absolute atomic E-state index is 14.2. The molecule has 1 aliphatic carbocycles. The van der Waals surface area contributed by atoms with E-state index in [0.717, 1.165) is 33.4 Å². The fourth-order valence-electron chi connectivity index (χ4n) is 6.26. The molecule has 48 heavy (non-hydrogen) atoms. The second-order valence-electron chi connectivity index (χ2n) is 12.0. The molecule has 0 aliphatic heterocycles. The number of nitrogens with one attached hydrogen (secondary N) is 1. The van der Waals surface area contributed by atoms with E-state index in [1.54, 1.807) is 24.3 Å². The molecule has 5 rings (SSSR count). The fraction of sp³-hybridized carbons (Fsp3) is 0.282. The van der Waals surface area contributed by atoms with Crippen LogP contribution in [0.5, 0.6) is 0 Å². The van der Waals surface area contributed by atoms with Crippen molar-refractivity contribution in [3.8, 4) is 11.1 Å². The molecular weight excluding hydrogens is 606 g/mol. The number of nitrogens with zero attached hydrogens (tertiary/aromatic N) is 2. The minimum Gasteiger partial charge on any atom is -0.480 e. The molecule has 0 fully saturated rings. The maximum Gasteiger partial charge on any atom is 0.410 e. The number of carbonyl (C=O) groups is 4. The summed E-state index contributed by atoms with van der Waals surface area (Å²) in [6.07, 6.45) is 0.206. The Morgan fingerprint density at radius 1 is 0.771 bits per heavy atom. The predicted octanol–water partition coefficient (Wildman–Crippen LogP) is 5.53. The van der Waals surface area contributed by atoms with Crippen LogP contribution in [0.1, 0.15) is 41.5 Å². The molecule has 0 heterocycles. The molecule has 4 aromatic rings. The second-order valence-corrected chi connectivity index (χ2v) is 12.0. The average Bonchev–Trinajstić information content (AvgIpc) is 3.42. The number of hydrogen-bond donors (Lipinski definition) is 2. The van der Waals surface area contributed by atoms with E-state index < -0.39 is 36.0 Å². The summed E-state index contributed by atoms with van der Waals surface area (Å²) in [5.41, 5.74) is 5.99. The smallest absolute Gasteiger partial charge is 0.410 e. The highest BCUT2D eigenvalue weighted by atomic mass is 16.6. The van der Waals surface area contributed by atoms with Crippen LogP contribution in [0.2, 0.25) is 0 Å². The molecule has 3 amide bonds. The Labute approximate surface area is 281 Å². The van der Waals surface area contributed by atoms with Crippen LogP contribution < -0.4 is 5.32 Å². The number of carboxylic acids is 1. The van der Waals surface area contributed by atoms with Gasteiger partial charge in [0.2, 0.25) is 11.8 Å². The van der Waals surface area contributed by atoms with E-state index in [-0.39, 0.29) is 38.5 Å². The summed E-state index contributed by atoms with van der Waals surface area (Å²) in [5.74, 6) is -2.34. The summed E-state index contributed by atoms with van der Waals surface area (Å²) in [4.78, 5) is 55.7. The van der Waals surface area contributed by atoms with Gasteiger partial charge in [-0.1, -0.05) is 116 Å². The third-order valence-corrected chi connectivity index (χ3v) is 8.70. The van der Waals surface area contributed by atoms with Crippen molar-refractivity contribution < 1.29 is 29.0 Å². The number of benzene rings is 4. The Bertz CT molecular complexity index is 1680. The third kappa shape index (κ3) is 8.09. The number of amides is 3. The average molecular weight is 648 g/mol. The van der Waals surface area contributed by atoms with E-state index in [2.05, 4.69) is 17.4 Å². The first-order valence-corrected chi connectivity index (χ1v) is 16.2. The van der Waals surface area contributed by atoms with Gasteiger partial charge in [0.25, 0.3) is 0 Å². The Balaban J connectivity index is 1.31. The van der Waals surface area contributed by atoms with Crippen LogP contribution in [0, 0.1) is 0 Å². The lowest BCUT2D eigenvalue weighted by Crippen LogP contribution is -2.54. The molecule has 1 aliphatic rings. The van der Waals surface area contributed by atoms with Gasteiger partial charge in [-0.25, -0.2) is 9.59 Å². The van der Waals surface area contributed by atoms with Crippen LogP contribution in [0.4, 0.5) is 4.79 Å². The molecular formula is C39H41N3O6. The largest absolute Gasteiger partial charge is 0.480 e. The van der Waals surface area contributed by atoms with Crippen molar-refractivity contribution in [2.75, 3.05) is 26.7 Å². The number of fused-ring (bicyclic) bond motifs is 3. The van der Waals surface area contributed by atoms with E-state index in [1.807, 2.05) is 79.7 Å². The van der Waals surface area contributed by atoms with Gasteiger partial charge in [0.1, 0.15) is 18.7 Å². The monoisotopic (exact) mass is 647 g/mol. The van der Waals surface area contributed by atoms with Crippen molar-refractivity contribution in [1.82, 2.24) is 15.1 Å². The van der Waals surface area contributed by atoms with Crippen LogP contribution in [-0.4, -0.2) is 77.6 Å². The summed E-state index contributed by atoms with van der Waals surface area (Å²) in [6.45, 7) is 1.87. The van der Waals surface area contributed by atoms with Crippen LogP contribution >= 0.6 is 0 Å². The maximum atomic E-state index is 14.2. The summed E-state index contributed by atoms with van der Waals surface area (Å²) in [5, 5.41) is 12.4. The van der Waals surface area contributed by atoms with E-state index in [4.69, 9.17) is 4.74 Å². The van der Waals surface area contributed by atoms with Gasteiger partial charge in [0.15, 0.2) is 0 Å². The fourth-order valence-corrected chi connectivity index (χ4v) is 6.26. The molecule has 0 radical (unpaired) electrons. The highest BCUT2D eigenvalue weighted by Crippen LogP contribution is 2.44. The number of ether oxygens (including phenoxy) is 1. The summed E-state index contributed by atoms with van der Waals surface area (Å²) in [7, 11) is 1.54. The van der Waals surface area contributed by atoms with Gasteiger partial charge in [0, 0.05) is 32.4 Å². The molecule has 0 bridgehead atoms. The third-order valence-electron chi connectivity index (χ3n) is 8.70. The van der Waals surface area contributed by atoms with Crippen LogP contribution in [0.15, 0.2) is 109 Å². The zero-order valence-electron chi connectivity index (χ0n) is 27.2. The van der Waals surface area contributed by atoms with Crippen molar-refractivity contribution in [2.45, 2.75) is 44.2 Å². The molecule has 2 atom stereocenters. The minimum absolute atomic E-state index is 0.0997. The van der Waals surface area contributed by atoms with Crippen molar-refractivity contribution in [2.24, 2.45) is 0 Å². The zero-order valence-corrected chi connectivity index (χ0v) is 27.2. The molecule has 2 N–H and O–H groups in total. The van der Waals surface area contributed by atoms with Crippen molar-refractivity contribution >= 4 is 23.9 Å². The normalized spacial score (nSPS) is 13.0. The lowest BCUT2D eigenvalue weighted by atomic mass is 9.98. The van der Waals surface area contributed by atoms with Crippen LogP contribution in [-0.2, 0) is 32.0 Å². The van der Waals surface area contributed by atoms with Crippen LogP contribution in [0.25, 0.3) is 11.1 Å². The van der Waals surface area contributed by atoms with E-state index in [0.29, 0.717) is 6.42 Å². The first kappa shape index (κ1) is 33.9. The van der Waals surface area contributed by atoms with E-state index in [9.17, 15) is 24.3 Å². The lowest BCUT2D eigenvalue weighted by Gasteiger charge is -2.32. The molecule has 9 nitrogen and oxygen atoms in total. The topological polar surface area (TPSA) is 116 Å². The molecule has 4 aromatic carbocycles. The van der Waals surface area contributed by atoms with E-state index in [1.165, 1.54) is 16.8 Å². The zero-order chi connectivity index (χ0) is 34.0. The number of likely N-dealkylation sites (N-methyl/N-ethyl adjacent to an activating group) is 1.